The molecule has 8 heteroatoms. The van der Waals surface area contributed by atoms with Gasteiger partial charge in [0.05, 0.1) is 25.2 Å². The third-order valence-corrected chi connectivity index (χ3v) is 3.99. The molecule has 2 heterocycles. The molecule has 0 saturated heterocycles. The molecule has 1 aromatic carbocycles. The molecule has 0 fully saturated rings. The first-order valence-corrected chi connectivity index (χ1v) is 8.28. The van der Waals surface area contributed by atoms with Gasteiger partial charge in [-0.05, 0) is 23.6 Å². The lowest BCUT2D eigenvalue weighted by Crippen LogP contribution is -2.10. The first-order valence-electron chi connectivity index (χ1n) is 7.33. The van der Waals surface area contributed by atoms with Gasteiger partial charge in [-0.2, -0.15) is 21.6 Å². The van der Waals surface area contributed by atoms with E-state index in [9.17, 15) is 4.79 Å². The summed E-state index contributed by atoms with van der Waals surface area (Å²) in [5.74, 6) is 0.988. The minimum Gasteiger partial charge on any atom is -0.493 e. The third-order valence-electron chi connectivity index (χ3n) is 3.31. The van der Waals surface area contributed by atoms with E-state index in [0.29, 0.717) is 23.0 Å². The maximum Gasteiger partial charge on any atom is 0.311 e. The van der Waals surface area contributed by atoms with Crippen LogP contribution < -0.4 is 9.47 Å². The fourth-order valence-corrected chi connectivity index (χ4v) is 2.70. The van der Waals surface area contributed by atoms with Crippen LogP contribution >= 0.6 is 11.3 Å². The van der Waals surface area contributed by atoms with Crippen molar-refractivity contribution in [2.45, 2.75) is 12.8 Å². The first-order chi connectivity index (χ1) is 12.2. The van der Waals surface area contributed by atoms with Crippen molar-refractivity contribution in [1.82, 2.24) is 10.1 Å². The molecule has 0 bridgehead atoms. The molecule has 3 aromatic rings. The van der Waals surface area contributed by atoms with Crippen LogP contribution in [0.5, 0.6) is 11.5 Å². The molecule has 3 rings (SSSR count). The van der Waals surface area contributed by atoms with Gasteiger partial charge in [0.2, 0.25) is 11.7 Å². The van der Waals surface area contributed by atoms with E-state index in [-0.39, 0.29) is 18.6 Å². The molecule has 0 radical (unpaired) electrons. The minimum atomic E-state index is -0.460. The summed E-state index contributed by atoms with van der Waals surface area (Å²) in [5.41, 5.74) is 1.30. The van der Waals surface area contributed by atoms with Crippen molar-refractivity contribution in [3.8, 4) is 29.0 Å². The van der Waals surface area contributed by atoms with E-state index in [4.69, 9.17) is 19.3 Å². The van der Waals surface area contributed by atoms with Gasteiger partial charge in [-0.15, -0.1) is 0 Å². The fraction of sp³-hybridized carbons (Fsp3) is 0.176. The van der Waals surface area contributed by atoms with Gasteiger partial charge >= 0.3 is 5.97 Å². The van der Waals surface area contributed by atoms with Crippen LogP contribution in [0.4, 0.5) is 0 Å². The highest BCUT2D eigenvalue weighted by atomic mass is 32.1. The van der Waals surface area contributed by atoms with Crippen LogP contribution in [0.2, 0.25) is 0 Å². The number of aryl methyl sites for hydroxylation is 1. The van der Waals surface area contributed by atoms with Gasteiger partial charge < -0.3 is 14.0 Å². The molecule has 7 nitrogen and oxygen atoms in total. The Kier molecular flexibility index (Phi) is 5.06. The van der Waals surface area contributed by atoms with Gasteiger partial charge in [0.1, 0.15) is 0 Å². The number of ether oxygens (including phenoxy) is 2. The van der Waals surface area contributed by atoms with Crippen LogP contribution in [0, 0.1) is 11.3 Å². The number of rotatable bonds is 6. The lowest BCUT2D eigenvalue weighted by molar-refractivity contribution is -0.134. The number of hydrogen-bond donors (Lipinski definition) is 0. The Labute approximate surface area is 147 Å². The van der Waals surface area contributed by atoms with Gasteiger partial charge in [-0.3, -0.25) is 4.79 Å². The third kappa shape index (κ3) is 4.02. The SMILES string of the molecule is COc1cc(C#N)ccc1OC(=O)CCc1nc(-c2ccsc2)no1. The van der Waals surface area contributed by atoms with Gasteiger partial charge in [0, 0.05) is 23.4 Å². The molecule has 0 unspecified atom stereocenters. The normalized spacial score (nSPS) is 10.2. The Morgan fingerprint density at radius 1 is 1.36 bits per heavy atom. The molecule has 0 aliphatic carbocycles. The van der Waals surface area contributed by atoms with Gasteiger partial charge in [0.15, 0.2) is 11.5 Å². The molecule has 0 N–H and O–H groups in total. The summed E-state index contributed by atoms with van der Waals surface area (Å²) in [7, 11) is 1.44. The van der Waals surface area contributed by atoms with E-state index in [1.807, 2.05) is 22.9 Å². The molecule has 0 aliphatic heterocycles. The number of thiophene rings is 1. The Hall–Kier alpha value is -3.18. The molecule has 25 heavy (non-hydrogen) atoms. The van der Waals surface area contributed by atoms with Crippen LogP contribution in [-0.4, -0.2) is 23.2 Å². The Balaban J connectivity index is 1.59. The summed E-state index contributed by atoms with van der Waals surface area (Å²) in [6.45, 7) is 0. The number of aromatic nitrogens is 2. The average molecular weight is 355 g/mol. The first kappa shape index (κ1) is 16.7. The van der Waals surface area contributed by atoms with Gasteiger partial charge in [-0.25, -0.2) is 0 Å². The van der Waals surface area contributed by atoms with Crippen LogP contribution in [0.15, 0.2) is 39.5 Å². The summed E-state index contributed by atoms with van der Waals surface area (Å²) < 4.78 is 15.5. The summed E-state index contributed by atoms with van der Waals surface area (Å²) >= 11 is 1.54. The number of nitrogens with zero attached hydrogens (tertiary/aromatic N) is 3. The molecule has 0 atom stereocenters. The zero-order valence-corrected chi connectivity index (χ0v) is 14.1. The van der Waals surface area contributed by atoms with Crippen LogP contribution in [0.25, 0.3) is 11.4 Å². The number of nitriles is 1. The quantitative estimate of drug-likeness (QED) is 0.494. The van der Waals surface area contributed by atoms with Crippen molar-refractivity contribution in [3.05, 3.63) is 46.5 Å². The molecular weight excluding hydrogens is 342 g/mol. The van der Waals surface area contributed by atoms with Crippen molar-refractivity contribution in [1.29, 1.82) is 5.26 Å². The van der Waals surface area contributed by atoms with Crippen molar-refractivity contribution >= 4 is 17.3 Å². The monoisotopic (exact) mass is 355 g/mol. The van der Waals surface area contributed by atoms with E-state index in [0.717, 1.165) is 5.56 Å². The second-order valence-corrected chi connectivity index (χ2v) is 5.76. The zero-order valence-electron chi connectivity index (χ0n) is 13.3. The molecule has 0 saturated carbocycles. The van der Waals surface area contributed by atoms with E-state index in [2.05, 4.69) is 10.1 Å². The second kappa shape index (κ2) is 7.59. The summed E-state index contributed by atoms with van der Waals surface area (Å²) in [6.07, 6.45) is 0.350. The lowest BCUT2D eigenvalue weighted by Gasteiger charge is -2.08. The van der Waals surface area contributed by atoms with Crippen LogP contribution in [-0.2, 0) is 11.2 Å². The molecular formula is C17H13N3O4S. The summed E-state index contributed by atoms with van der Waals surface area (Å²) in [5, 5.41) is 16.6. The zero-order chi connectivity index (χ0) is 17.6. The predicted molar refractivity (Wildman–Crippen MR) is 89.3 cm³/mol. The Morgan fingerprint density at radius 3 is 2.96 bits per heavy atom. The van der Waals surface area contributed by atoms with E-state index in [1.165, 1.54) is 19.2 Å². The number of carbonyl (C=O) groups excluding carboxylic acids is 1. The highest BCUT2D eigenvalue weighted by Gasteiger charge is 2.14. The van der Waals surface area contributed by atoms with Crippen molar-refractivity contribution in [3.63, 3.8) is 0 Å². The fourth-order valence-electron chi connectivity index (χ4n) is 2.07. The maximum absolute atomic E-state index is 12.0. The smallest absolute Gasteiger partial charge is 0.311 e. The summed E-state index contributed by atoms with van der Waals surface area (Å²) in [4.78, 5) is 16.3. The van der Waals surface area contributed by atoms with E-state index >= 15 is 0 Å². The second-order valence-electron chi connectivity index (χ2n) is 4.98. The van der Waals surface area contributed by atoms with Crippen molar-refractivity contribution in [2.24, 2.45) is 0 Å². The van der Waals surface area contributed by atoms with Crippen LogP contribution in [0.3, 0.4) is 0 Å². The van der Waals surface area contributed by atoms with E-state index in [1.54, 1.807) is 17.4 Å². The number of hydrogen-bond acceptors (Lipinski definition) is 8. The largest absolute Gasteiger partial charge is 0.493 e. The Bertz CT molecular complexity index is 912. The molecule has 126 valence electrons. The lowest BCUT2D eigenvalue weighted by atomic mass is 10.2. The highest BCUT2D eigenvalue weighted by Crippen LogP contribution is 2.28. The predicted octanol–water partition coefficient (Wildman–Crippen LogP) is 3.22. The minimum absolute atomic E-state index is 0.0778. The van der Waals surface area contributed by atoms with Crippen molar-refractivity contribution in [2.75, 3.05) is 7.11 Å². The number of esters is 1. The standard InChI is InChI=1S/C17H13N3O4S/c1-22-14-8-11(9-18)2-3-13(14)23-16(21)5-4-15-19-17(20-24-15)12-6-7-25-10-12/h2-3,6-8,10H,4-5H2,1H3. The number of methoxy groups -OCH3 is 1. The molecule has 2 aromatic heterocycles. The topological polar surface area (TPSA) is 98.2 Å². The molecule has 0 spiro atoms. The maximum atomic E-state index is 12.0. The Morgan fingerprint density at radius 2 is 2.24 bits per heavy atom. The highest BCUT2D eigenvalue weighted by molar-refractivity contribution is 7.08. The average Bonchev–Trinajstić information content (AvgIpc) is 3.31. The molecule has 0 aliphatic rings. The van der Waals surface area contributed by atoms with Gasteiger partial charge in [0.25, 0.3) is 0 Å². The van der Waals surface area contributed by atoms with E-state index < -0.39 is 5.97 Å². The van der Waals surface area contributed by atoms with Crippen molar-refractivity contribution < 1.29 is 18.8 Å². The summed E-state index contributed by atoms with van der Waals surface area (Å²) in [6, 6.07) is 8.47. The number of benzene rings is 1. The number of carbonyl (C=O) groups is 1. The van der Waals surface area contributed by atoms with Gasteiger partial charge in [-0.1, -0.05) is 5.16 Å². The molecule has 0 amide bonds. The van der Waals surface area contributed by atoms with Crippen LogP contribution in [0.1, 0.15) is 17.9 Å².